The molecule has 0 saturated heterocycles. The molecule has 1 aromatic heterocycles. The first-order chi connectivity index (χ1) is 14.5. The number of hydrogen-bond acceptors (Lipinski definition) is 5. The van der Waals surface area contributed by atoms with Gasteiger partial charge in [-0.3, -0.25) is 4.99 Å². The van der Waals surface area contributed by atoms with Gasteiger partial charge in [0.2, 0.25) is 5.88 Å². The zero-order valence-electron chi connectivity index (χ0n) is 17.0. The summed E-state index contributed by atoms with van der Waals surface area (Å²) in [5.74, 6) is -1.60. The summed E-state index contributed by atoms with van der Waals surface area (Å²) >= 11 is 1.30. The summed E-state index contributed by atoms with van der Waals surface area (Å²) in [6.45, 7) is 2.69. The fourth-order valence-corrected chi connectivity index (χ4v) is 3.20. The number of nitrogens with zero attached hydrogens (tertiary/aromatic N) is 3. The van der Waals surface area contributed by atoms with E-state index < -0.39 is 23.9 Å². The van der Waals surface area contributed by atoms with Gasteiger partial charge in [-0.2, -0.15) is 13.2 Å². The molecule has 2 N–H and O–H groups in total. The molecule has 1 heterocycles. The van der Waals surface area contributed by atoms with Crippen molar-refractivity contribution >= 4 is 28.8 Å². The number of benzene rings is 1. The van der Waals surface area contributed by atoms with Crippen molar-refractivity contribution in [2.24, 2.45) is 10.7 Å². The van der Waals surface area contributed by atoms with Crippen molar-refractivity contribution in [3.05, 3.63) is 53.2 Å². The molecule has 0 aliphatic carbocycles. The van der Waals surface area contributed by atoms with Crippen LogP contribution in [0, 0.1) is 5.82 Å². The average molecular weight is 460 g/mol. The molecule has 1 aromatic carbocycles. The molecule has 0 bridgehead atoms. The highest BCUT2D eigenvalue weighted by Crippen LogP contribution is 2.25. The molecule has 5 nitrogen and oxygen atoms in total. The number of rotatable bonds is 7. The van der Waals surface area contributed by atoms with Crippen molar-refractivity contribution in [2.75, 3.05) is 7.05 Å². The number of amidine groups is 1. The fourth-order valence-electron chi connectivity index (χ4n) is 2.42. The van der Waals surface area contributed by atoms with Crippen LogP contribution in [-0.4, -0.2) is 39.7 Å². The lowest BCUT2D eigenvalue weighted by Crippen LogP contribution is -2.31. The minimum atomic E-state index is -4.56. The maximum atomic E-state index is 14.5. The third-order valence-corrected chi connectivity index (χ3v) is 5.04. The van der Waals surface area contributed by atoms with E-state index in [0.717, 1.165) is 25.4 Å². The number of halogens is 5. The summed E-state index contributed by atoms with van der Waals surface area (Å²) in [6, 6.07) is 4.12. The Bertz CT molecular complexity index is 948. The SMILES string of the molecule is CN=C(N)SC(C)Cc1cc(/C=C(\F)c2cnc(OC(C)C(F)(F)F)cn2)ccc1F. The Morgan fingerprint density at radius 1 is 1.26 bits per heavy atom. The molecular weight excluding hydrogens is 439 g/mol. The second kappa shape index (κ2) is 10.6. The van der Waals surface area contributed by atoms with Gasteiger partial charge >= 0.3 is 6.18 Å². The minimum Gasteiger partial charge on any atom is -0.464 e. The van der Waals surface area contributed by atoms with E-state index in [1.165, 1.54) is 30.0 Å². The molecule has 31 heavy (non-hydrogen) atoms. The molecule has 168 valence electrons. The zero-order valence-corrected chi connectivity index (χ0v) is 17.8. The van der Waals surface area contributed by atoms with Crippen molar-refractivity contribution in [2.45, 2.75) is 37.8 Å². The summed E-state index contributed by atoms with van der Waals surface area (Å²) in [5.41, 5.74) is 6.23. The highest BCUT2D eigenvalue weighted by atomic mass is 32.2. The first-order valence-corrected chi connectivity index (χ1v) is 9.98. The Morgan fingerprint density at radius 2 is 1.97 bits per heavy atom. The number of thioether (sulfide) groups is 1. The maximum absolute atomic E-state index is 14.5. The predicted octanol–water partition coefficient (Wildman–Crippen LogP) is 5.02. The van der Waals surface area contributed by atoms with E-state index in [1.54, 1.807) is 7.05 Å². The van der Waals surface area contributed by atoms with Gasteiger partial charge in [-0.1, -0.05) is 24.8 Å². The Labute approximate surface area is 180 Å². The number of nitrogens with two attached hydrogens (primary N) is 1. The molecule has 2 rings (SSSR count). The molecule has 11 heteroatoms. The topological polar surface area (TPSA) is 73.4 Å². The van der Waals surface area contributed by atoms with Gasteiger partial charge in [0.25, 0.3) is 0 Å². The van der Waals surface area contributed by atoms with Crippen molar-refractivity contribution in [1.82, 2.24) is 9.97 Å². The van der Waals surface area contributed by atoms with Crippen LogP contribution in [0.4, 0.5) is 22.0 Å². The van der Waals surface area contributed by atoms with Gasteiger partial charge < -0.3 is 10.5 Å². The lowest BCUT2D eigenvalue weighted by molar-refractivity contribution is -0.190. The Balaban J connectivity index is 2.14. The third kappa shape index (κ3) is 7.50. The lowest BCUT2D eigenvalue weighted by atomic mass is 10.1. The predicted molar refractivity (Wildman–Crippen MR) is 112 cm³/mol. The van der Waals surface area contributed by atoms with Crippen molar-refractivity contribution in [1.29, 1.82) is 0 Å². The molecule has 0 saturated carbocycles. The first kappa shape index (κ1) is 24.6. The molecule has 0 aliphatic heterocycles. The molecule has 2 unspecified atom stereocenters. The van der Waals surface area contributed by atoms with Crippen LogP contribution in [0.3, 0.4) is 0 Å². The second-order valence-electron chi connectivity index (χ2n) is 6.58. The lowest BCUT2D eigenvalue weighted by Gasteiger charge is -2.16. The van der Waals surface area contributed by atoms with Crippen LogP contribution in [0.15, 0.2) is 35.6 Å². The molecule has 2 atom stereocenters. The molecule has 0 radical (unpaired) electrons. The summed E-state index contributed by atoms with van der Waals surface area (Å²) in [6.07, 6.45) is -3.30. The van der Waals surface area contributed by atoms with Gasteiger partial charge in [-0.25, -0.2) is 18.7 Å². The van der Waals surface area contributed by atoms with Crippen LogP contribution in [0.5, 0.6) is 5.88 Å². The fraction of sp³-hybridized carbons (Fsp3) is 0.350. The van der Waals surface area contributed by atoms with E-state index in [1.807, 2.05) is 6.92 Å². The van der Waals surface area contributed by atoms with Crippen LogP contribution < -0.4 is 10.5 Å². The van der Waals surface area contributed by atoms with Crippen molar-refractivity contribution < 1.29 is 26.7 Å². The van der Waals surface area contributed by atoms with Gasteiger partial charge in [0.05, 0.1) is 12.4 Å². The van der Waals surface area contributed by atoms with Crippen molar-refractivity contribution in [3.8, 4) is 5.88 Å². The van der Waals surface area contributed by atoms with Crippen LogP contribution in [0.1, 0.15) is 30.7 Å². The van der Waals surface area contributed by atoms with E-state index in [9.17, 15) is 22.0 Å². The normalized spacial score (nSPS) is 15.0. The molecule has 0 amide bonds. The molecule has 0 fully saturated rings. The highest BCUT2D eigenvalue weighted by molar-refractivity contribution is 8.14. The average Bonchev–Trinajstić information content (AvgIpc) is 2.70. The zero-order chi connectivity index (χ0) is 23.2. The van der Waals surface area contributed by atoms with Gasteiger partial charge in [0.1, 0.15) is 11.5 Å². The third-order valence-electron chi connectivity index (χ3n) is 4.04. The van der Waals surface area contributed by atoms with Crippen LogP contribution in [0.2, 0.25) is 0 Å². The quantitative estimate of drug-likeness (QED) is 0.357. The Morgan fingerprint density at radius 3 is 2.55 bits per heavy atom. The van der Waals surface area contributed by atoms with E-state index in [2.05, 4.69) is 19.7 Å². The largest absolute Gasteiger partial charge is 0.464 e. The number of hydrogen-bond donors (Lipinski definition) is 1. The summed E-state index contributed by atoms with van der Waals surface area (Å²) in [5, 5.41) is 0.324. The number of ether oxygens (including phenoxy) is 1. The Kier molecular flexibility index (Phi) is 8.37. The molecule has 0 spiro atoms. The molecule has 0 aliphatic rings. The van der Waals surface area contributed by atoms with Gasteiger partial charge in [-0.15, -0.1) is 0 Å². The second-order valence-corrected chi connectivity index (χ2v) is 8.04. The van der Waals surface area contributed by atoms with Crippen LogP contribution in [-0.2, 0) is 6.42 Å². The first-order valence-electron chi connectivity index (χ1n) is 9.10. The minimum absolute atomic E-state index is 0.0558. The monoisotopic (exact) mass is 460 g/mol. The molecular formula is C20H21F5N4OS. The van der Waals surface area contributed by atoms with Crippen LogP contribution >= 0.6 is 11.8 Å². The smallest absolute Gasteiger partial charge is 0.425 e. The van der Waals surface area contributed by atoms with Gasteiger partial charge in [0, 0.05) is 12.3 Å². The number of aliphatic imine (C=N–C) groups is 1. The van der Waals surface area contributed by atoms with E-state index >= 15 is 0 Å². The summed E-state index contributed by atoms with van der Waals surface area (Å²) < 4.78 is 70.9. The molecule has 2 aromatic rings. The van der Waals surface area contributed by atoms with E-state index in [-0.39, 0.29) is 16.8 Å². The number of alkyl halides is 3. The summed E-state index contributed by atoms with van der Waals surface area (Å²) in [7, 11) is 1.56. The van der Waals surface area contributed by atoms with Crippen LogP contribution in [0.25, 0.3) is 11.9 Å². The van der Waals surface area contributed by atoms with Gasteiger partial charge in [-0.05, 0) is 42.7 Å². The summed E-state index contributed by atoms with van der Waals surface area (Å²) in [4.78, 5) is 11.2. The standard InChI is InChI=1S/C20H21F5N4OS/c1-11(31-19(26)27-3)6-14-7-13(4-5-15(14)21)8-16(22)17-9-29-18(10-28-17)30-12(2)20(23,24)25/h4-5,7-12H,6H2,1-3H3,(H2,26,27)/b16-8-. The highest BCUT2D eigenvalue weighted by Gasteiger charge is 2.38. The maximum Gasteiger partial charge on any atom is 0.425 e. The van der Waals surface area contributed by atoms with Crippen molar-refractivity contribution in [3.63, 3.8) is 0 Å². The number of aromatic nitrogens is 2. The Hall–Kier alpha value is -2.69. The van der Waals surface area contributed by atoms with E-state index in [4.69, 9.17) is 5.73 Å². The van der Waals surface area contributed by atoms with Gasteiger partial charge in [0.15, 0.2) is 17.1 Å². The van der Waals surface area contributed by atoms with E-state index in [0.29, 0.717) is 22.7 Å².